The van der Waals surface area contributed by atoms with Crippen molar-refractivity contribution in [3.63, 3.8) is 0 Å². The number of likely N-dealkylation sites (N-methyl/N-ethyl adjacent to an activating group) is 1. The van der Waals surface area contributed by atoms with Crippen LogP contribution < -0.4 is 5.73 Å². The molecule has 1 fully saturated rings. The van der Waals surface area contributed by atoms with Crippen LogP contribution in [0.25, 0.3) is 16.4 Å². The molecule has 3 amide bonds. The number of nitrogens with zero attached hydrogens (tertiary/aromatic N) is 3. The summed E-state index contributed by atoms with van der Waals surface area (Å²) in [5.74, 6) is -1.09. The number of aliphatic hydroxyl groups excluding tert-OH is 1. The van der Waals surface area contributed by atoms with Crippen LogP contribution in [-0.4, -0.2) is 76.5 Å². The molecule has 0 saturated carbocycles. The molecule has 47 heavy (non-hydrogen) atoms. The molecule has 1 aliphatic heterocycles. The van der Waals surface area contributed by atoms with Crippen molar-refractivity contribution in [2.75, 3.05) is 20.1 Å². The maximum Gasteiger partial charge on any atom is 0.245 e. The number of hydrogen-bond donors (Lipinski definition) is 2. The molecule has 9 heteroatoms. The summed E-state index contributed by atoms with van der Waals surface area (Å²) in [6.45, 7) is 6.46. The zero-order chi connectivity index (χ0) is 33.3. The topological polar surface area (TPSA) is 118 Å². The fraction of sp³-hybridized carbons (Fsp3) is 0.395. The molecule has 0 aliphatic carbocycles. The van der Waals surface area contributed by atoms with Crippen LogP contribution in [0.5, 0.6) is 0 Å². The van der Waals surface area contributed by atoms with Gasteiger partial charge in [-0.2, -0.15) is 0 Å². The zero-order valence-electron chi connectivity index (χ0n) is 27.8. The average molecular weight is 871 g/mol. The largest absolute Gasteiger partial charge is 0.639 e. The van der Waals surface area contributed by atoms with Crippen molar-refractivity contribution in [2.24, 2.45) is 5.73 Å². The first-order valence-electron chi connectivity index (χ1n) is 16.0. The molecule has 1 aliphatic rings. The Morgan fingerprint density at radius 3 is 2.02 bits per heavy atom. The van der Waals surface area contributed by atoms with Crippen LogP contribution in [0.1, 0.15) is 51.2 Å². The summed E-state index contributed by atoms with van der Waals surface area (Å²) in [7, 11) is 1.62. The van der Waals surface area contributed by atoms with E-state index in [4.69, 9.17) is 5.73 Å². The summed E-state index contributed by atoms with van der Waals surface area (Å²) in [5.41, 5.74) is 10.3. The molecule has 2 atom stereocenters. The standard InChI is InChI=1S/C38H48N4O4.Cm/c1-27(26-38(2,3)39)23-35(44)40-33(24-29-15-17-31(18-16-29)30-13-9-6-10-14-30)36(45)41(4)34(25-28-11-7-5-8-12-28)37(46)42-21-19-32(43)20-22-42;/h5-18,23,32-34,43H,19-22,24-26,39H2,1-4H3,(H,40,44);/p-1/b27-23+;/t33-,34?;/m1./s1. The predicted molar refractivity (Wildman–Crippen MR) is 183 cm³/mol. The van der Waals surface area contributed by atoms with Crippen molar-refractivity contribution in [3.05, 3.63) is 113 Å². The number of hydrogen-bond acceptors (Lipinski definition) is 5. The fourth-order valence-corrected chi connectivity index (χ4v) is 5.96. The van der Waals surface area contributed by atoms with Crippen LogP contribution in [0.3, 0.4) is 0 Å². The first-order valence-corrected chi connectivity index (χ1v) is 16.0. The minimum Gasteiger partial charge on any atom is -0.639 e. The summed E-state index contributed by atoms with van der Waals surface area (Å²) >= 11 is 0. The van der Waals surface area contributed by atoms with Crippen LogP contribution in [0.2, 0.25) is 0 Å². The Bertz CT molecular complexity index is 1480. The van der Waals surface area contributed by atoms with Crippen LogP contribution in [0.4, 0.5) is 0 Å². The van der Waals surface area contributed by atoms with E-state index >= 15 is 0 Å². The molecule has 1 heterocycles. The normalized spacial score (nSPS) is 15.3. The smallest absolute Gasteiger partial charge is 0.245 e. The quantitative estimate of drug-likeness (QED) is 0.240. The molecule has 3 N–H and O–H groups in total. The van der Waals surface area contributed by atoms with Crippen molar-refractivity contribution in [1.82, 2.24) is 9.80 Å². The van der Waals surface area contributed by atoms with Gasteiger partial charge in [-0.3, -0.25) is 9.59 Å². The second kappa shape index (κ2) is 16.3. The first kappa shape index (κ1) is 36.2. The molecule has 1 unspecified atom stereocenters. The van der Waals surface area contributed by atoms with Gasteiger partial charge in [-0.05, 0) is 80.8 Å². The van der Waals surface area contributed by atoms with Gasteiger partial charge in [-0.25, -0.2) is 0 Å². The first-order chi connectivity index (χ1) is 21.9. The van der Waals surface area contributed by atoms with Crippen molar-refractivity contribution in [3.8, 4) is 11.1 Å². The summed E-state index contributed by atoms with van der Waals surface area (Å²) in [6, 6.07) is 25.7. The second-order valence-electron chi connectivity index (χ2n) is 13.1. The van der Waals surface area contributed by atoms with E-state index in [0.717, 1.165) is 27.8 Å². The maximum atomic E-state index is 14.3. The molecular weight excluding hydrogens is 823 g/mol. The monoisotopic (exact) mass is 866 g/mol. The molecule has 0 spiro atoms. The van der Waals surface area contributed by atoms with Gasteiger partial charge in [0.1, 0.15) is 6.04 Å². The third-order valence-corrected chi connectivity index (χ3v) is 8.31. The van der Waals surface area contributed by atoms with E-state index in [2.05, 4.69) is 5.32 Å². The molecule has 3 aromatic carbocycles. The zero-order valence-corrected chi connectivity index (χ0v) is 30.7. The van der Waals surface area contributed by atoms with Crippen LogP contribution in [0, 0.1) is 0 Å². The Labute approximate surface area is 273 Å². The number of aliphatic hydroxyl groups is 1. The number of likely N-dealkylation sites (tertiary alicyclic amines) is 1. The Morgan fingerprint density at radius 2 is 1.45 bits per heavy atom. The third-order valence-electron chi connectivity index (χ3n) is 8.31. The molecule has 3 aromatic rings. The summed E-state index contributed by atoms with van der Waals surface area (Å²) < 4.78 is 0. The summed E-state index contributed by atoms with van der Waals surface area (Å²) in [6.07, 6.45) is 3.03. The van der Waals surface area contributed by atoms with Crippen molar-refractivity contribution in [2.45, 2.75) is 76.6 Å². The van der Waals surface area contributed by atoms with Gasteiger partial charge in [0.15, 0.2) is 0 Å². The van der Waals surface area contributed by atoms with E-state index in [-0.39, 0.29) is 12.3 Å². The van der Waals surface area contributed by atoms with Gasteiger partial charge >= 0.3 is 0 Å². The molecule has 1 saturated heterocycles. The molecule has 4 rings (SSSR count). The van der Waals surface area contributed by atoms with E-state index in [9.17, 15) is 19.5 Å². The number of nitrogens with two attached hydrogens (primary N) is 1. The van der Waals surface area contributed by atoms with Crippen LogP contribution in [-0.2, 0) is 27.2 Å². The van der Waals surface area contributed by atoms with E-state index < -0.39 is 35.5 Å². The van der Waals surface area contributed by atoms with Crippen LogP contribution >= 0.6 is 0 Å². The summed E-state index contributed by atoms with van der Waals surface area (Å²) in [5, 5.41) is 14.4. The molecule has 0 bridgehead atoms. The van der Waals surface area contributed by atoms with Gasteiger partial charge in [-0.15, -0.1) is 0 Å². The number of carbonyl (C=O) groups is 3. The Hall–Kier alpha value is -5.27. The van der Waals surface area contributed by atoms with Crippen molar-refractivity contribution < 1.29 is 19.5 Å². The molecule has 8 nitrogen and oxygen atoms in total. The third kappa shape index (κ3) is 10.7. The number of amides is 3. The number of carbonyl (C=O) groups excluding carboxylic acids is 3. The number of benzene rings is 3. The van der Waals surface area contributed by atoms with Gasteiger partial charge in [0, 0.05) is 32.1 Å². The average Bonchev–Trinajstić information content (AvgIpc) is 3.03. The van der Waals surface area contributed by atoms with E-state index in [1.165, 1.54) is 11.0 Å². The van der Waals surface area contributed by atoms with Crippen LogP contribution in [0.15, 0.2) is 96.6 Å². The van der Waals surface area contributed by atoms with Gasteiger partial charge in [-0.1, -0.05) is 90.5 Å². The number of rotatable bonds is 12. The van der Waals surface area contributed by atoms with Gasteiger partial charge in [0.05, 0.1) is 12.0 Å². The van der Waals surface area contributed by atoms with E-state index in [1.54, 1.807) is 11.9 Å². The van der Waals surface area contributed by atoms with Gasteiger partial charge < -0.3 is 30.8 Å². The Morgan fingerprint density at radius 1 is 0.915 bits per heavy atom. The predicted octanol–water partition coefficient (Wildman–Crippen LogP) is 5.29. The molecule has 0 aromatic heterocycles. The SMILES string of the molecule is C/C(=C\C(=O)[N-][C@H](Cc1ccc(-c2ccccc2)cc1)C(=O)N(C)C(Cc1ccccc1)C(=O)N1CCC(O)CC1)CC(C)(C)N.[Cm]. The minimum absolute atomic E-state index is 0. The van der Waals surface area contributed by atoms with E-state index in [0.29, 0.717) is 38.8 Å². The fourth-order valence-electron chi connectivity index (χ4n) is 5.96. The number of piperidine rings is 1. The molecule has 252 valence electrons. The van der Waals surface area contributed by atoms with Gasteiger partial charge in [0.25, 0.3) is 0 Å². The van der Waals surface area contributed by atoms with Gasteiger partial charge in [0.2, 0.25) is 11.8 Å². The minimum atomic E-state index is -1.04. The van der Waals surface area contributed by atoms with E-state index in [1.807, 2.05) is 106 Å². The van der Waals surface area contributed by atoms with Crippen molar-refractivity contribution in [1.29, 1.82) is 0 Å². The molecular formula is C38H47CmN4O4-. The Kier molecular flexibility index (Phi) is 12.6. The van der Waals surface area contributed by atoms with Crippen molar-refractivity contribution >= 4 is 17.7 Å². The maximum absolute atomic E-state index is 14.3. The Balaban J connectivity index is 0.00000600. The summed E-state index contributed by atoms with van der Waals surface area (Å²) in [4.78, 5) is 44.6. The molecule has 0 radical (unpaired) electrons. The second-order valence-corrected chi connectivity index (χ2v) is 13.1.